The lowest BCUT2D eigenvalue weighted by Crippen LogP contribution is -2.17. The number of aromatic nitrogens is 5. The molecule has 1 N–H and O–H groups in total. The molecule has 1 aromatic carbocycles. The molecular formula is C15H14N6O2S. The van der Waals surface area contributed by atoms with Gasteiger partial charge in [0.2, 0.25) is 5.95 Å². The van der Waals surface area contributed by atoms with E-state index < -0.39 is 10.0 Å². The Morgan fingerprint density at radius 3 is 2.62 bits per heavy atom. The predicted octanol–water partition coefficient (Wildman–Crippen LogP) is 1.74. The molecule has 3 aromatic rings. The number of hydrogen-bond donors (Lipinski definition) is 1. The summed E-state index contributed by atoms with van der Waals surface area (Å²) in [6.45, 7) is 0. The summed E-state index contributed by atoms with van der Waals surface area (Å²) in [6, 6.07) is 8.64. The Balaban J connectivity index is 1.66. The summed E-state index contributed by atoms with van der Waals surface area (Å²) in [6.07, 6.45) is 6.55. The SMILES string of the molecule is O=S(=O)(Nc1ncnn1-c1ncccn1)c1cccc(C2CC2)c1. The Hall–Kier alpha value is -2.81. The van der Waals surface area contributed by atoms with E-state index >= 15 is 0 Å². The molecule has 1 aliphatic rings. The third-order valence-electron chi connectivity index (χ3n) is 3.73. The molecule has 2 heterocycles. The minimum Gasteiger partial charge on any atom is -0.247 e. The molecule has 4 rings (SSSR count). The van der Waals surface area contributed by atoms with Crippen LogP contribution < -0.4 is 4.72 Å². The maximum atomic E-state index is 12.6. The number of hydrogen-bond acceptors (Lipinski definition) is 6. The molecule has 1 aliphatic carbocycles. The van der Waals surface area contributed by atoms with E-state index in [4.69, 9.17) is 0 Å². The van der Waals surface area contributed by atoms with Crippen LogP contribution in [-0.4, -0.2) is 33.2 Å². The van der Waals surface area contributed by atoms with Crippen molar-refractivity contribution in [2.24, 2.45) is 0 Å². The monoisotopic (exact) mass is 342 g/mol. The second-order valence-electron chi connectivity index (χ2n) is 5.50. The maximum Gasteiger partial charge on any atom is 0.264 e. The van der Waals surface area contributed by atoms with E-state index in [-0.39, 0.29) is 16.8 Å². The molecule has 1 fully saturated rings. The molecule has 9 heteroatoms. The molecule has 122 valence electrons. The number of sulfonamides is 1. The van der Waals surface area contributed by atoms with Gasteiger partial charge in [-0.1, -0.05) is 12.1 Å². The van der Waals surface area contributed by atoms with Crippen molar-refractivity contribution >= 4 is 16.0 Å². The zero-order valence-corrected chi connectivity index (χ0v) is 13.4. The van der Waals surface area contributed by atoms with Gasteiger partial charge in [-0.05, 0) is 42.5 Å². The Kier molecular flexibility index (Phi) is 3.49. The van der Waals surface area contributed by atoms with Crippen molar-refractivity contribution in [3.8, 4) is 5.95 Å². The zero-order chi connectivity index (χ0) is 16.6. The van der Waals surface area contributed by atoms with Crippen molar-refractivity contribution in [3.63, 3.8) is 0 Å². The van der Waals surface area contributed by atoms with Crippen molar-refractivity contribution in [1.82, 2.24) is 24.7 Å². The molecule has 2 aromatic heterocycles. The first-order chi connectivity index (χ1) is 11.6. The third kappa shape index (κ3) is 2.85. The molecule has 0 spiro atoms. The summed E-state index contributed by atoms with van der Waals surface area (Å²) < 4.78 is 29.0. The standard InChI is InChI=1S/C15H14N6O2S/c22-24(23,13-4-1-3-12(9-13)11-5-6-11)20-15-18-10-19-21(15)14-16-7-2-8-17-14/h1-4,7-11H,5-6H2,(H,18,19,20). The summed E-state index contributed by atoms with van der Waals surface area (Å²) in [5.41, 5.74) is 1.05. The largest absolute Gasteiger partial charge is 0.264 e. The van der Waals surface area contributed by atoms with Gasteiger partial charge in [0.1, 0.15) is 6.33 Å². The topological polar surface area (TPSA) is 103 Å². The predicted molar refractivity (Wildman–Crippen MR) is 86.2 cm³/mol. The molecular weight excluding hydrogens is 328 g/mol. The van der Waals surface area contributed by atoms with E-state index in [1.54, 1.807) is 36.7 Å². The molecule has 0 atom stereocenters. The Labute approximate surface area is 138 Å². The lowest BCUT2D eigenvalue weighted by Gasteiger charge is -2.09. The fourth-order valence-corrected chi connectivity index (χ4v) is 3.44. The van der Waals surface area contributed by atoms with Gasteiger partial charge in [0.25, 0.3) is 16.0 Å². The van der Waals surface area contributed by atoms with Crippen LogP contribution in [0.5, 0.6) is 0 Å². The van der Waals surface area contributed by atoms with Crippen LogP contribution in [0.1, 0.15) is 24.3 Å². The molecule has 0 radical (unpaired) electrons. The Morgan fingerprint density at radius 1 is 1.08 bits per heavy atom. The highest BCUT2D eigenvalue weighted by atomic mass is 32.2. The molecule has 0 bridgehead atoms. The molecule has 1 saturated carbocycles. The Morgan fingerprint density at radius 2 is 1.88 bits per heavy atom. The van der Waals surface area contributed by atoms with Crippen LogP contribution in [0.2, 0.25) is 0 Å². The van der Waals surface area contributed by atoms with Crippen molar-refractivity contribution in [1.29, 1.82) is 0 Å². The van der Waals surface area contributed by atoms with E-state index in [2.05, 4.69) is 24.8 Å². The summed E-state index contributed by atoms with van der Waals surface area (Å²) in [5, 5.41) is 3.97. The molecule has 0 saturated heterocycles. The van der Waals surface area contributed by atoms with Gasteiger partial charge in [-0.15, -0.1) is 0 Å². The van der Waals surface area contributed by atoms with E-state index in [9.17, 15) is 8.42 Å². The lowest BCUT2D eigenvalue weighted by atomic mass is 10.1. The highest BCUT2D eigenvalue weighted by molar-refractivity contribution is 7.92. The Bertz CT molecular complexity index is 966. The van der Waals surface area contributed by atoms with Crippen LogP contribution in [0.4, 0.5) is 5.95 Å². The number of rotatable bonds is 5. The average Bonchev–Trinajstić information content (AvgIpc) is 3.36. The summed E-state index contributed by atoms with van der Waals surface area (Å²) in [7, 11) is -3.77. The lowest BCUT2D eigenvalue weighted by molar-refractivity contribution is 0.600. The van der Waals surface area contributed by atoms with E-state index in [1.807, 2.05) is 6.07 Å². The molecule has 24 heavy (non-hydrogen) atoms. The van der Waals surface area contributed by atoms with Crippen LogP contribution in [0.3, 0.4) is 0 Å². The highest BCUT2D eigenvalue weighted by Crippen LogP contribution is 2.40. The average molecular weight is 342 g/mol. The fourth-order valence-electron chi connectivity index (χ4n) is 2.39. The van der Waals surface area contributed by atoms with Gasteiger partial charge in [0, 0.05) is 12.4 Å². The first kappa shape index (κ1) is 14.8. The van der Waals surface area contributed by atoms with Crippen LogP contribution in [0.25, 0.3) is 5.95 Å². The summed E-state index contributed by atoms with van der Waals surface area (Å²) in [5.74, 6) is 0.749. The fraction of sp³-hybridized carbons (Fsp3) is 0.200. The van der Waals surface area contributed by atoms with Gasteiger partial charge in [-0.3, -0.25) is 0 Å². The minimum atomic E-state index is -3.77. The van der Waals surface area contributed by atoms with Crippen molar-refractivity contribution < 1.29 is 8.42 Å². The van der Waals surface area contributed by atoms with Crippen molar-refractivity contribution in [3.05, 3.63) is 54.6 Å². The second kappa shape index (κ2) is 5.68. The smallest absolute Gasteiger partial charge is 0.247 e. The number of benzene rings is 1. The zero-order valence-electron chi connectivity index (χ0n) is 12.6. The van der Waals surface area contributed by atoms with Crippen LogP contribution in [0.15, 0.2) is 53.9 Å². The van der Waals surface area contributed by atoms with Crippen molar-refractivity contribution in [2.75, 3.05) is 4.72 Å². The van der Waals surface area contributed by atoms with Gasteiger partial charge < -0.3 is 0 Å². The quantitative estimate of drug-likeness (QED) is 0.757. The van der Waals surface area contributed by atoms with E-state index in [0.717, 1.165) is 18.4 Å². The second-order valence-corrected chi connectivity index (χ2v) is 7.18. The van der Waals surface area contributed by atoms with Gasteiger partial charge in [0.05, 0.1) is 4.90 Å². The van der Waals surface area contributed by atoms with Gasteiger partial charge in [-0.2, -0.15) is 14.8 Å². The first-order valence-electron chi connectivity index (χ1n) is 7.44. The summed E-state index contributed by atoms with van der Waals surface area (Å²) in [4.78, 5) is 12.2. The molecule has 8 nitrogen and oxygen atoms in total. The van der Waals surface area contributed by atoms with Gasteiger partial charge >= 0.3 is 0 Å². The third-order valence-corrected chi connectivity index (χ3v) is 5.06. The number of nitrogens with one attached hydrogen (secondary N) is 1. The molecule has 0 amide bonds. The number of nitrogens with zero attached hydrogens (tertiary/aromatic N) is 5. The van der Waals surface area contributed by atoms with E-state index in [1.165, 1.54) is 11.0 Å². The first-order valence-corrected chi connectivity index (χ1v) is 8.92. The number of anilines is 1. The molecule has 0 unspecified atom stereocenters. The van der Waals surface area contributed by atoms with Crippen molar-refractivity contribution in [2.45, 2.75) is 23.7 Å². The van der Waals surface area contributed by atoms with Gasteiger partial charge in [-0.25, -0.2) is 23.1 Å². The molecule has 0 aliphatic heterocycles. The van der Waals surface area contributed by atoms with Crippen LogP contribution in [0, 0.1) is 0 Å². The maximum absolute atomic E-state index is 12.6. The van der Waals surface area contributed by atoms with Gasteiger partial charge in [0.15, 0.2) is 0 Å². The summed E-state index contributed by atoms with van der Waals surface area (Å²) >= 11 is 0. The van der Waals surface area contributed by atoms with E-state index in [0.29, 0.717) is 5.92 Å². The van der Waals surface area contributed by atoms with Crippen LogP contribution in [-0.2, 0) is 10.0 Å². The highest BCUT2D eigenvalue weighted by Gasteiger charge is 2.26. The van der Waals surface area contributed by atoms with Crippen LogP contribution >= 0.6 is 0 Å². The minimum absolute atomic E-state index is 0.0398. The normalized spacial score (nSPS) is 14.5.